The van der Waals surface area contributed by atoms with E-state index in [4.69, 9.17) is 22.7 Å². The average molecular weight is 294 g/mol. The van der Waals surface area contributed by atoms with Crippen molar-refractivity contribution in [2.45, 2.75) is 26.5 Å². The van der Waals surface area contributed by atoms with Crippen molar-refractivity contribution in [2.24, 2.45) is 5.73 Å². The SMILES string of the molecule is CC(C)Oc1cccc2c1[nH]c(=S)n2CCNC(N)=O. The molecule has 6 nitrogen and oxygen atoms in total. The van der Waals surface area contributed by atoms with Gasteiger partial charge >= 0.3 is 6.03 Å². The Hall–Kier alpha value is -2.02. The van der Waals surface area contributed by atoms with E-state index in [0.29, 0.717) is 17.9 Å². The number of urea groups is 1. The Morgan fingerprint density at radius 3 is 2.95 bits per heavy atom. The van der Waals surface area contributed by atoms with Gasteiger partial charge in [-0.3, -0.25) is 0 Å². The van der Waals surface area contributed by atoms with Gasteiger partial charge in [0.2, 0.25) is 0 Å². The Kier molecular flexibility index (Phi) is 4.29. The third-order valence-corrected chi connectivity index (χ3v) is 3.09. The molecule has 0 radical (unpaired) electrons. The van der Waals surface area contributed by atoms with Crippen molar-refractivity contribution in [1.82, 2.24) is 14.9 Å². The van der Waals surface area contributed by atoms with Crippen molar-refractivity contribution in [1.29, 1.82) is 0 Å². The van der Waals surface area contributed by atoms with E-state index in [-0.39, 0.29) is 6.10 Å². The molecule has 0 fully saturated rings. The first-order valence-corrected chi connectivity index (χ1v) is 6.81. The van der Waals surface area contributed by atoms with Crippen molar-refractivity contribution in [3.63, 3.8) is 0 Å². The maximum atomic E-state index is 10.7. The third-order valence-electron chi connectivity index (χ3n) is 2.77. The quantitative estimate of drug-likeness (QED) is 0.739. The number of fused-ring (bicyclic) bond motifs is 1. The van der Waals surface area contributed by atoms with Gasteiger partial charge in [-0.1, -0.05) is 6.07 Å². The van der Waals surface area contributed by atoms with Gasteiger partial charge in [-0.2, -0.15) is 0 Å². The van der Waals surface area contributed by atoms with Gasteiger partial charge < -0.3 is 25.3 Å². The van der Waals surface area contributed by atoms with Gasteiger partial charge in [0.1, 0.15) is 11.3 Å². The zero-order valence-electron chi connectivity index (χ0n) is 11.5. The van der Waals surface area contributed by atoms with Crippen LogP contribution in [0, 0.1) is 4.77 Å². The summed E-state index contributed by atoms with van der Waals surface area (Å²) in [5, 5.41) is 2.55. The molecule has 0 bridgehead atoms. The number of hydrogen-bond acceptors (Lipinski definition) is 3. The molecule has 0 aliphatic carbocycles. The molecule has 0 aliphatic rings. The molecular weight excluding hydrogens is 276 g/mol. The lowest BCUT2D eigenvalue weighted by Gasteiger charge is -2.10. The fourth-order valence-electron chi connectivity index (χ4n) is 2.02. The van der Waals surface area contributed by atoms with Crippen LogP contribution < -0.4 is 15.8 Å². The molecular formula is C13H18N4O2S. The molecule has 1 aromatic heterocycles. The summed E-state index contributed by atoms with van der Waals surface area (Å²) >= 11 is 5.31. The van der Waals surface area contributed by atoms with Gasteiger partial charge in [-0.05, 0) is 38.2 Å². The Labute approximate surface area is 121 Å². The number of aromatic nitrogens is 2. The highest BCUT2D eigenvalue weighted by Crippen LogP contribution is 2.25. The fraction of sp³-hybridized carbons (Fsp3) is 0.385. The van der Waals surface area contributed by atoms with Crippen LogP contribution >= 0.6 is 12.2 Å². The van der Waals surface area contributed by atoms with Crippen LogP contribution in [0.2, 0.25) is 0 Å². The predicted octanol–water partition coefficient (Wildman–Crippen LogP) is 2.15. The lowest BCUT2D eigenvalue weighted by Crippen LogP contribution is -2.32. The molecule has 2 rings (SSSR count). The molecule has 2 amide bonds. The second kappa shape index (κ2) is 5.96. The Balaban J connectivity index is 2.34. The number of rotatable bonds is 5. The molecule has 108 valence electrons. The molecule has 0 aliphatic heterocycles. The van der Waals surface area contributed by atoms with Crippen LogP contribution in [-0.4, -0.2) is 28.2 Å². The minimum atomic E-state index is -0.541. The molecule has 1 aromatic carbocycles. The first-order valence-electron chi connectivity index (χ1n) is 6.40. The van der Waals surface area contributed by atoms with Crippen LogP contribution in [0.15, 0.2) is 18.2 Å². The molecule has 0 spiro atoms. The molecule has 0 atom stereocenters. The lowest BCUT2D eigenvalue weighted by atomic mass is 10.3. The first-order chi connectivity index (χ1) is 9.49. The lowest BCUT2D eigenvalue weighted by molar-refractivity contribution is 0.245. The van der Waals surface area contributed by atoms with E-state index in [0.717, 1.165) is 16.8 Å². The van der Waals surface area contributed by atoms with Gasteiger partial charge in [0, 0.05) is 13.1 Å². The maximum absolute atomic E-state index is 10.7. The summed E-state index contributed by atoms with van der Waals surface area (Å²) in [4.78, 5) is 13.8. The highest BCUT2D eigenvalue weighted by Gasteiger charge is 2.10. The second-order valence-electron chi connectivity index (χ2n) is 4.69. The number of amides is 2. The number of carbonyl (C=O) groups excluding carboxylic acids is 1. The number of hydrogen-bond donors (Lipinski definition) is 3. The minimum absolute atomic E-state index is 0.0856. The van der Waals surface area contributed by atoms with Crippen molar-refractivity contribution in [2.75, 3.05) is 6.54 Å². The monoisotopic (exact) mass is 294 g/mol. The van der Waals surface area contributed by atoms with Crippen molar-refractivity contribution < 1.29 is 9.53 Å². The van der Waals surface area contributed by atoms with E-state index >= 15 is 0 Å². The summed E-state index contributed by atoms with van der Waals surface area (Å²) in [6.45, 7) is 4.92. The van der Waals surface area contributed by atoms with E-state index in [1.807, 2.05) is 36.6 Å². The van der Waals surface area contributed by atoms with E-state index in [9.17, 15) is 4.79 Å². The number of benzene rings is 1. The first kappa shape index (κ1) is 14.4. The van der Waals surface area contributed by atoms with Crippen LogP contribution in [0.3, 0.4) is 0 Å². The van der Waals surface area contributed by atoms with Crippen molar-refractivity contribution in [3.8, 4) is 5.75 Å². The molecule has 20 heavy (non-hydrogen) atoms. The van der Waals surface area contributed by atoms with Gasteiger partial charge in [0.15, 0.2) is 4.77 Å². The molecule has 0 saturated carbocycles. The Morgan fingerprint density at radius 2 is 2.30 bits per heavy atom. The van der Waals surface area contributed by atoms with E-state index < -0.39 is 6.03 Å². The highest BCUT2D eigenvalue weighted by atomic mass is 32.1. The summed E-state index contributed by atoms with van der Waals surface area (Å²) in [7, 11) is 0. The number of aromatic amines is 1. The Morgan fingerprint density at radius 1 is 1.55 bits per heavy atom. The zero-order valence-corrected chi connectivity index (χ0v) is 12.3. The largest absolute Gasteiger partial charge is 0.489 e. The number of nitrogens with one attached hydrogen (secondary N) is 2. The van der Waals surface area contributed by atoms with Gasteiger partial charge in [0.05, 0.1) is 11.6 Å². The Bertz CT molecular complexity index is 675. The zero-order chi connectivity index (χ0) is 14.7. The van der Waals surface area contributed by atoms with E-state index in [1.54, 1.807) is 0 Å². The summed E-state index contributed by atoms with van der Waals surface area (Å²) in [5.74, 6) is 0.769. The van der Waals surface area contributed by atoms with Crippen molar-refractivity contribution in [3.05, 3.63) is 23.0 Å². The number of ether oxygens (including phenoxy) is 1. The highest BCUT2D eigenvalue weighted by molar-refractivity contribution is 7.71. The molecule has 2 aromatic rings. The molecule has 0 saturated heterocycles. The van der Waals surface area contributed by atoms with Crippen LogP contribution in [0.4, 0.5) is 4.79 Å². The van der Waals surface area contributed by atoms with Crippen LogP contribution in [0.25, 0.3) is 11.0 Å². The number of carbonyl (C=O) groups is 1. The smallest absolute Gasteiger partial charge is 0.312 e. The number of nitrogens with two attached hydrogens (primary N) is 1. The fourth-order valence-corrected chi connectivity index (χ4v) is 2.31. The third kappa shape index (κ3) is 3.11. The number of H-pyrrole nitrogens is 1. The number of imidazole rings is 1. The van der Waals surface area contributed by atoms with Crippen LogP contribution in [0.1, 0.15) is 13.8 Å². The number of primary amides is 1. The van der Waals surface area contributed by atoms with Gasteiger partial charge in [-0.25, -0.2) is 4.79 Å². The maximum Gasteiger partial charge on any atom is 0.312 e. The summed E-state index contributed by atoms with van der Waals surface area (Å²) < 4.78 is 8.26. The average Bonchev–Trinajstić information content (AvgIpc) is 2.66. The van der Waals surface area contributed by atoms with Crippen LogP contribution in [0.5, 0.6) is 5.75 Å². The van der Waals surface area contributed by atoms with E-state index in [2.05, 4.69) is 10.3 Å². The summed E-state index contributed by atoms with van der Waals surface area (Å²) in [5.41, 5.74) is 6.86. The van der Waals surface area contributed by atoms with Crippen LogP contribution in [-0.2, 0) is 6.54 Å². The standard InChI is InChI=1S/C13H18N4O2S/c1-8(2)19-10-5-3-4-9-11(10)16-13(20)17(9)7-6-15-12(14)18/h3-5,8H,6-7H2,1-2H3,(H,16,20)(H3,14,15,18). The minimum Gasteiger partial charge on any atom is -0.489 e. The van der Waals surface area contributed by atoms with Crippen molar-refractivity contribution >= 4 is 29.3 Å². The molecule has 4 N–H and O–H groups in total. The summed E-state index contributed by atoms with van der Waals surface area (Å²) in [6, 6.07) is 5.24. The molecule has 1 heterocycles. The van der Waals surface area contributed by atoms with Gasteiger partial charge in [-0.15, -0.1) is 0 Å². The topological polar surface area (TPSA) is 85.1 Å². The van der Waals surface area contributed by atoms with Gasteiger partial charge in [0.25, 0.3) is 0 Å². The second-order valence-corrected chi connectivity index (χ2v) is 5.08. The van der Waals surface area contributed by atoms with E-state index in [1.165, 1.54) is 0 Å². The normalized spacial score (nSPS) is 10.9. The summed E-state index contributed by atoms with van der Waals surface area (Å²) in [6.07, 6.45) is 0.0856. The molecule has 7 heteroatoms. The predicted molar refractivity (Wildman–Crippen MR) is 80.5 cm³/mol. The number of para-hydroxylation sites is 1. The number of nitrogens with zero attached hydrogens (tertiary/aromatic N) is 1. The molecule has 0 unspecified atom stereocenters.